The Kier molecular flexibility index (Phi) is 6.44. The summed E-state index contributed by atoms with van der Waals surface area (Å²) in [6.07, 6.45) is 4.00. The number of hydrogen-bond acceptors (Lipinski definition) is 4. The molecule has 0 radical (unpaired) electrons. The molecule has 0 saturated carbocycles. The van der Waals surface area contributed by atoms with Crippen LogP contribution in [0.4, 0.5) is 10.6 Å². The molecule has 0 unspecified atom stereocenters. The number of amides is 1. The van der Waals surface area contributed by atoms with Gasteiger partial charge in [-0.05, 0) is 64.3 Å². The maximum atomic E-state index is 12.6. The second-order valence-corrected chi connectivity index (χ2v) is 8.22. The van der Waals surface area contributed by atoms with Crippen molar-refractivity contribution in [2.45, 2.75) is 66.0 Å². The zero-order valence-electron chi connectivity index (χ0n) is 16.6. The second kappa shape index (κ2) is 8.17. The van der Waals surface area contributed by atoms with E-state index >= 15 is 0 Å². The van der Waals surface area contributed by atoms with Crippen LogP contribution in [0.25, 0.3) is 0 Å². The molecule has 0 spiro atoms. The highest BCUT2D eigenvalue weighted by atomic mass is 16.6. The quantitative estimate of drug-likeness (QED) is 0.778. The lowest BCUT2D eigenvalue weighted by Crippen LogP contribution is -2.39. The molecule has 0 aliphatic carbocycles. The molecule has 2 heterocycles. The zero-order valence-corrected chi connectivity index (χ0v) is 16.6. The van der Waals surface area contributed by atoms with Crippen molar-refractivity contribution in [1.29, 1.82) is 0 Å². The topological polar surface area (TPSA) is 45.7 Å². The van der Waals surface area contributed by atoms with Gasteiger partial charge in [0.05, 0.1) is 0 Å². The minimum Gasteiger partial charge on any atom is -0.443 e. The molecule has 1 aliphatic heterocycles. The molecule has 0 N–H and O–H groups in total. The summed E-state index contributed by atoms with van der Waals surface area (Å²) in [5.74, 6) is 0.993. The van der Waals surface area contributed by atoms with Crippen molar-refractivity contribution in [3.63, 3.8) is 0 Å². The monoisotopic (exact) mass is 347 g/mol. The van der Waals surface area contributed by atoms with Gasteiger partial charge in [-0.3, -0.25) is 9.80 Å². The Balaban J connectivity index is 2.18. The Morgan fingerprint density at radius 3 is 2.64 bits per heavy atom. The molecule has 0 bridgehead atoms. The minimum atomic E-state index is -0.516. The lowest BCUT2D eigenvalue weighted by Gasteiger charge is -2.28. The van der Waals surface area contributed by atoms with Crippen LogP contribution in [0.15, 0.2) is 18.3 Å². The average molecular weight is 348 g/mol. The lowest BCUT2D eigenvalue weighted by molar-refractivity contribution is 0.0575. The van der Waals surface area contributed by atoms with E-state index in [9.17, 15) is 4.79 Å². The maximum absolute atomic E-state index is 12.6. The van der Waals surface area contributed by atoms with E-state index < -0.39 is 5.60 Å². The molecule has 1 aromatic rings. The summed E-state index contributed by atoms with van der Waals surface area (Å²) >= 11 is 0. The van der Waals surface area contributed by atoms with E-state index in [1.54, 1.807) is 4.90 Å². The SMILES string of the molecule is CCN1CCC[C@H]1c1ccc(N(CC(C)C)C(=O)OC(C)(C)C)nc1. The number of likely N-dealkylation sites (tertiary alicyclic amines) is 1. The Morgan fingerprint density at radius 1 is 1.40 bits per heavy atom. The average Bonchev–Trinajstić information content (AvgIpc) is 2.99. The largest absolute Gasteiger partial charge is 0.443 e. The van der Waals surface area contributed by atoms with E-state index in [2.05, 4.69) is 36.7 Å². The number of carbonyl (C=O) groups excluding carboxylic acids is 1. The van der Waals surface area contributed by atoms with Crippen molar-refractivity contribution in [3.05, 3.63) is 23.9 Å². The summed E-state index contributed by atoms with van der Waals surface area (Å²) in [7, 11) is 0. The highest BCUT2D eigenvalue weighted by molar-refractivity contribution is 5.86. The molecule has 1 atom stereocenters. The molecule has 0 aromatic carbocycles. The molecule has 1 aromatic heterocycles. The maximum Gasteiger partial charge on any atom is 0.416 e. The minimum absolute atomic E-state index is 0.333. The van der Waals surface area contributed by atoms with Crippen molar-refractivity contribution in [1.82, 2.24) is 9.88 Å². The number of pyridine rings is 1. The van der Waals surface area contributed by atoms with Gasteiger partial charge in [-0.25, -0.2) is 9.78 Å². The van der Waals surface area contributed by atoms with Gasteiger partial charge in [-0.1, -0.05) is 26.8 Å². The van der Waals surface area contributed by atoms with E-state index in [1.165, 1.54) is 18.4 Å². The van der Waals surface area contributed by atoms with Crippen LogP contribution in [0, 0.1) is 5.92 Å². The first-order chi connectivity index (χ1) is 11.7. The van der Waals surface area contributed by atoms with Gasteiger partial charge in [0.25, 0.3) is 0 Å². The number of hydrogen-bond donors (Lipinski definition) is 0. The number of aromatic nitrogens is 1. The van der Waals surface area contributed by atoms with Crippen LogP contribution in [-0.2, 0) is 4.74 Å². The van der Waals surface area contributed by atoms with Gasteiger partial charge in [-0.15, -0.1) is 0 Å². The first-order valence-electron chi connectivity index (χ1n) is 9.41. The van der Waals surface area contributed by atoms with E-state index in [4.69, 9.17) is 4.74 Å². The predicted molar refractivity (Wildman–Crippen MR) is 102 cm³/mol. The van der Waals surface area contributed by atoms with Crippen LogP contribution in [-0.4, -0.2) is 41.2 Å². The zero-order chi connectivity index (χ0) is 18.6. The molecule has 5 nitrogen and oxygen atoms in total. The fourth-order valence-electron chi connectivity index (χ4n) is 3.28. The molecule has 2 rings (SSSR count). The third kappa shape index (κ3) is 5.43. The van der Waals surface area contributed by atoms with E-state index in [1.807, 2.05) is 33.0 Å². The Morgan fingerprint density at radius 2 is 2.12 bits per heavy atom. The van der Waals surface area contributed by atoms with Crippen molar-refractivity contribution in [2.24, 2.45) is 5.92 Å². The Bertz CT molecular complexity index is 563. The third-order valence-electron chi connectivity index (χ3n) is 4.36. The third-order valence-corrected chi connectivity index (χ3v) is 4.36. The first-order valence-corrected chi connectivity index (χ1v) is 9.41. The molecular formula is C20H33N3O2. The van der Waals surface area contributed by atoms with Gasteiger partial charge in [0, 0.05) is 18.8 Å². The number of nitrogens with zero attached hydrogens (tertiary/aromatic N) is 3. The summed E-state index contributed by atoms with van der Waals surface area (Å²) in [6, 6.07) is 4.51. The summed E-state index contributed by atoms with van der Waals surface area (Å²) in [4.78, 5) is 21.3. The Hall–Kier alpha value is -1.62. The molecule has 1 fully saturated rings. The molecule has 1 saturated heterocycles. The highest BCUT2D eigenvalue weighted by Gasteiger charge is 2.27. The van der Waals surface area contributed by atoms with Crippen LogP contribution in [0.2, 0.25) is 0 Å². The van der Waals surface area contributed by atoms with Crippen LogP contribution < -0.4 is 4.90 Å². The molecule has 140 valence electrons. The van der Waals surface area contributed by atoms with Crippen LogP contribution in [0.5, 0.6) is 0 Å². The van der Waals surface area contributed by atoms with Crippen molar-refractivity contribution in [3.8, 4) is 0 Å². The van der Waals surface area contributed by atoms with Gasteiger partial charge < -0.3 is 4.74 Å². The molecule has 25 heavy (non-hydrogen) atoms. The van der Waals surface area contributed by atoms with E-state index in [0.717, 1.165) is 13.1 Å². The van der Waals surface area contributed by atoms with Crippen LogP contribution in [0.3, 0.4) is 0 Å². The standard InChI is InChI=1S/C20H33N3O2/c1-7-22-12-8-9-17(22)16-10-11-18(21-13-16)23(14-15(2)3)19(24)25-20(4,5)6/h10-11,13,15,17H,7-9,12,14H2,1-6H3/t17-/m0/s1. The molecule has 5 heteroatoms. The smallest absolute Gasteiger partial charge is 0.416 e. The summed E-state index contributed by atoms with van der Waals surface area (Å²) < 4.78 is 5.56. The summed E-state index contributed by atoms with van der Waals surface area (Å²) in [5.41, 5.74) is 0.717. The highest BCUT2D eigenvalue weighted by Crippen LogP contribution is 2.31. The lowest BCUT2D eigenvalue weighted by atomic mass is 10.1. The van der Waals surface area contributed by atoms with Gasteiger partial charge in [0.1, 0.15) is 11.4 Å². The number of anilines is 1. The molecular weight excluding hydrogens is 314 g/mol. The van der Waals surface area contributed by atoms with Gasteiger partial charge in [0.2, 0.25) is 0 Å². The van der Waals surface area contributed by atoms with Gasteiger partial charge >= 0.3 is 6.09 Å². The normalized spacial score (nSPS) is 18.6. The van der Waals surface area contributed by atoms with Crippen molar-refractivity contribution < 1.29 is 9.53 Å². The fourth-order valence-corrected chi connectivity index (χ4v) is 3.28. The molecule has 1 amide bonds. The first kappa shape index (κ1) is 19.7. The van der Waals surface area contributed by atoms with Crippen LogP contribution >= 0.6 is 0 Å². The van der Waals surface area contributed by atoms with Crippen molar-refractivity contribution >= 4 is 11.9 Å². The van der Waals surface area contributed by atoms with Crippen molar-refractivity contribution in [2.75, 3.05) is 24.5 Å². The number of carbonyl (C=O) groups is 1. The van der Waals surface area contributed by atoms with Gasteiger partial charge in [-0.2, -0.15) is 0 Å². The van der Waals surface area contributed by atoms with E-state index in [-0.39, 0.29) is 6.09 Å². The van der Waals surface area contributed by atoms with Crippen LogP contribution in [0.1, 0.15) is 66.0 Å². The Labute approximate surface area is 152 Å². The van der Waals surface area contributed by atoms with E-state index in [0.29, 0.717) is 24.3 Å². The summed E-state index contributed by atoms with van der Waals surface area (Å²) in [6.45, 7) is 14.8. The summed E-state index contributed by atoms with van der Waals surface area (Å²) in [5, 5.41) is 0. The molecule has 1 aliphatic rings. The van der Waals surface area contributed by atoms with Gasteiger partial charge in [0.15, 0.2) is 0 Å². The second-order valence-electron chi connectivity index (χ2n) is 8.22. The fraction of sp³-hybridized carbons (Fsp3) is 0.700. The predicted octanol–water partition coefficient (Wildman–Crippen LogP) is 4.64. The number of ether oxygens (including phenoxy) is 1. The number of rotatable bonds is 5.